The number of fused-ring (bicyclic) bond motifs is 1. The molecule has 0 radical (unpaired) electrons. The SMILES string of the molecule is C=C(N)/C=C(N)\N=C(/N)SCc1nc(C2Cc3ccccc3S2)sc1CCC. The van der Waals surface area contributed by atoms with E-state index in [1.807, 2.05) is 23.1 Å². The summed E-state index contributed by atoms with van der Waals surface area (Å²) in [5.41, 5.74) is 20.2. The quantitative estimate of drug-likeness (QED) is 0.343. The van der Waals surface area contributed by atoms with Crippen molar-refractivity contribution in [1.82, 2.24) is 4.98 Å². The lowest BCUT2D eigenvalue weighted by Gasteiger charge is -2.03. The Morgan fingerprint density at radius 2 is 2.14 bits per heavy atom. The number of hydrogen-bond acceptors (Lipinski definition) is 7. The zero-order valence-corrected chi connectivity index (χ0v) is 18.3. The molecule has 0 aliphatic carbocycles. The molecule has 1 unspecified atom stereocenters. The number of aliphatic imine (C=N–C) groups is 1. The van der Waals surface area contributed by atoms with Crippen LogP contribution in [0.1, 0.15) is 39.7 Å². The number of nitrogens with two attached hydrogens (primary N) is 3. The largest absolute Gasteiger partial charge is 0.399 e. The second kappa shape index (κ2) is 9.54. The van der Waals surface area contributed by atoms with Crippen molar-refractivity contribution < 1.29 is 0 Å². The maximum absolute atomic E-state index is 6.00. The highest BCUT2D eigenvalue weighted by molar-refractivity contribution is 8.13. The van der Waals surface area contributed by atoms with Gasteiger partial charge in [-0.05, 0) is 24.5 Å². The van der Waals surface area contributed by atoms with E-state index in [1.165, 1.54) is 38.2 Å². The molecule has 1 aromatic carbocycles. The lowest BCUT2D eigenvalue weighted by molar-refractivity contribution is 0.907. The van der Waals surface area contributed by atoms with Gasteiger partial charge >= 0.3 is 0 Å². The predicted molar refractivity (Wildman–Crippen MR) is 123 cm³/mol. The number of hydrogen-bond donors (Lipinski definition) is 3. The van der Waals surface area contributed by atoms with Crippen LogP contribution in [0.4, 0.5) is 0 Å². The van der Waals surface area contributed by atoms with Crippen molar-refractivity contribution in [2.45, 2.75) is 42.1 Å². The van der Waals surface area contributed by atoms with Crippen LogP contribution in [0.15, 0.2) is 58.3 Å². The summed E-state index contributed by atoms with van der Waals surface area (Å²) in [7, 11) is 0. The molecular weight excluding hydrogens is 406 g/mol. The first-order valence-corrected chi connectivity index (χ1v) is 11.8. The molecule has 0 amide bonds. The van der Waals surface area contributed by atoms with Crippen LogP contribution in [0.5, 0.6) is 0 Å². The van der Waals surface area contributed by atoms with E-state index in [4.69, 9.17) is 22.2 Å². The van der Waals surface area contributed by atoms with Crippen molar-refractivity contribution in [3.63, 3.8) is 0 Å². The van der Waals surface area contributed by atoms with Gasteiger partial charge in [0.2, 0.25) is 0 Å². The van der Waals surface area contributed by atoms with E-state index in [0.29, 0.717) is 21.9 Å². The van der Waals surface area contributed by atoms with Gasteiger partial charge in [-0.3, -0.25) is 0 Å². The highest BCUT2D eigenvalue weighted by atomic mass is 32.2. The van der Waals surface area contributed by atoms with Crippen molar-refractivity contribution in [3.8, 4) is 0 Å². The first-order valence-electron chi connectivity index (χ1n) is 9.07. The highest BCUT2D eigenvalue weighted by Gasteiger charge is 2.27. The van der Waals surface area contributed by atoms with Crippen molar-refractivity contribution in [3.05, 3.63) is 69.6 Å². The molecule has 148 valence electrons. The third-order valence-corrected chi connectivity index (χ3v) is 7.68. The Bertz CT molecular complexity index is 891. The molecule has 8 heteroatoms. The maximum Gasteiger partial charge on any atom is 0.161 e. The van der Waals surface area contributed by atoms with Gasteiger partial charge in [0.15, 0.2) is 5.17 Å². The number of thioether (sulfide) groups is 2. The highest BCUT2D eigenvalue weighted by Crippen LogP contribution is 2.47. The van der Waals surface area contributed by atoms with E-state index in [1.54, 1.807) is 0 Å². The number of aromatic nitrogens is 1. The Morgan fingerprint density at radius 3 is 2.86 bits per heavy atom. The molecule has 1 aliphatic rings. The zero-order valence-electron chi connectivity index (χ0n) is 15.9. The van der Waals surface area contributed by atoms with Crippen molar-refractivity contribution in [2.75, 3.05) is 0 Å². The van der Waals surface area contributed by atoms with Gasteiger partial charge in [-0.1, -0.05) is 49.9 Å². The van der Waals surface area contributed by atoms with Crippen LogP contribution in [0.2, 0.25) is 0 Å². The standard InChI is InChI=1S/C20H25N5S3/c1-3-6-16-14(11-26-20(23)25-18(22)9-12(2)21)24-19(28-16)17-10-13-7-4-5-8-15(13)27-17/h4-5,7-9,17H,2-3,6,10-11,21-22H2,1H3,(H2,23,25)/b18-9-. The average molecular weight is 432 g/mol. The number of rotatable bonds is 7. The minimum Gasteiger partial charge on any atom is -0.399 e. The summed E-state index contributed by atoms with van der Waals surface area (Å²) >= 11 is 5.19. The van der Waals surface area contributed by atoms with Crippen LogP contribution < -0.4 is 17.2 Å². The number of allylic oxidation sites excluding steroid dienone is 1. The summed E-state index contributed by atoms with van der Waals surface area (Å²) in [4.78, 5) is 11.8. The van der Waals surface area contributed by atoms with Crippen LogP contribution in [-0.4, -0.2) is 10.2 Å². The van der Waals surface area contributed by atoms with Crippen molar-refractivity contribution in [1.29, 1.82) is 0 Å². The van der Waals surface area contributed by atoms with Gasteiger partial charge in [-0.15, -0.1) is 23.1 Å². The lowest BCUT2D eigenvalue weighted by Crippen LogP contribution is -2.10. The van der Waals surface area contributed by atoms with Crippen molar-refractivity contribution in [2.24, 2.45) is 22.2 Å². The molecule has 3 rings (SSSR count). The third kappa shape index (κ3) is 5.33. The van der Waals surface area contributed by atoms with Crippen LogP contribution in [-0.2, 0) is 18.6 Å². The lowest BCUT2D eigenvalue weighted by atomic mass is 10.1. The summed E-state index contributed by atoms with van der Waals surface area (Å²) in [5, 5.41) is 2.00. The van der Waals surface area contributed by atoms with Gasteiger partial charge in [0.05, 0.1) is 10.9 Å². The molecule has 28 heavy (non-hydrogen) atoms. The van der Waals surface area contributed by atoms with Gasteiger partial charge in [-0.25, -0.2) is 9.98 Å². The van der Waals surface area contributed by atoms with E-state index in [-0.39, 0.29) is 5.82 Å². The van der Waals surface area contributed by atoms with Gasteiger partial charge in [0, 0.05) is 27.3 Å². The van der Waals surface area contributed by atoms with E-state index < -0.39 is 0 Å². The maximum atomic E-state index is 6.00. The second-order valence-corrected chi connectivity index (χ2v) is 9.83. The Kier molecular flexibility index (Phi) is 7.09. The zero-order chi connectivity index (χ0) is 20.1. The Morgan fingerprint density at radius 1 is 1.36 bits per heavy atom. The molecule has 2 aromatic rings. The Balaban J connectivity index is 1.71. The van der Waals surface area contributed by atoms with Gasteiger partial charge < -0.3 is 17.2 Å². The molecule has 0 saturated heterocycles. The smallest absolute Gasteiger partial charge is 0.161 e. The molecule has 0 fully saturated rings. The van der Waals surface area contributed by atoms with Gasteiger partial charge in [0.1, 0.15) is 10.8 Å². The fourth-order valence-electron chi connectivity index (χ4n) is 2.92. The van der Waals surface area contributed by atoms with Crippen LogP contribution >= 0.6 is 34.9 Å². The van der Waals surface area contributed by atoms with Gasteiger partial charge in [0.25, 0.3) is 0 Å². The molecule has 1 aromatic heterocycles. The molecule has 0 bridgehead atoms. The number of nitrogens with zero attached hydrogens (tertiary/aromatic N) is 2. The second-order valence-electron chi connectivity index (χ2n) is 6.47. The molecule has 2 heterocycles. The molecule has 0 saturated carbocycles. The van der Waals surface area contributed by atoms with E-state index in [2.05, 4.69) is 42.8 Å². The molecule has 0 spiro atoms. The Hall–Kier alpha value is -1.90. The molecular formula is C20H25N5S3. The fourth-order valence-corrected chi connectivity index (χ4v) is 6.34. The van der Waals surface area contributed by atoms with E-state index in [0.717, 1.165) is 25.0 Å². The number of amidine groups is 1. The van der Waals surface area contributed by atoms with Crippen LogP contribution in [0.25, 0.3) is 0 Å². The minimum absolute atomic E-state index is 0.255. The molecule has 1 aliphatic heterocycles. The molecule has 6 N–H and O–H groups in total. The Labute approximate surface area is 178 Å². The summed E-state index contributed by atoms with van der Waals surface area (Å²) < 4.78 is 0. The number of thiazole rings is 1. The summed E-state index contributed by atoms with van der Waals surface area (Å²) in [6, 6.07) is 8.62. The van der Waals surface area contributed by atoms with Crippen molar-refractivity contribution >= 4 is 40.0 Å². The number of benzene rings is 1. The molecule has 1 atom stereocenters. The van der Waals surface area contributed by atoms with E-state index >= 15 is 0 Å². The summed E-state index contributed by atoms with van der Waals surface area (Å²) in [6.45, 7) is 5.77. The van der Waals surface area contributed by atoms with E-state index in [9.17, 15) is 0 Å². The monoisotopic (exact) mass is 431 g/mol. The van der Waals surface area contributed by atoms with Crippen LogP contribution in [0.3, 0.4) is 0 Å². The molecule has 5 nitrogen and oxygen atoms in total. The topological polar surface area (TPSA) is 103 Å². The summed E-state index contributed by atoms with van der Waals surface area (Å²) in [5.74, 6) is 0.938. The third-order valence-electron chi connectivity index (χ3n) is 4.12. The summed E-state index contributed by atoms with van der Waals surface area (Å²) in [6.07, 6.45) is 4.66. The normalized spacial score (nSPS) is 17.0. The van der Waals surface area contributed by atoms with Crippen LogP contribution in [0, 0.1) is 0 Å². The fraction of sp³-hybridized carbons (Fsp3) is 0.300. The van der Waals surface area contributed by atoms with Gasteiger partial charge in [-0.2, -0.15) is 0 Å². The first-order chi connectivity index (χ1) is 13.5. The number of aryl methyl sites for hydroxylation is 1. The predicted octanol–water partition coefficient (Wildman–Crippen LogP) is 4.31. The minimum atomic E-state index is 0.255. The first kappa shape index (κ1) is 20.8. The average Bonchev–Trinajstić information content (AvgIpc) is 3.23.